The first kappa shape index (κ1) is 16.4. The van der Waals surface area contributed by atoms with E-state index in [4.69, 9.17) is 16.0 Å². The Bertz CT molecular complexity index is 907. The van der Waals surface area contributed by atoms with Gasteiger partial charge in [-0.25, -0.2) is 8.42 Å². The van der Waals surface area contributed by atoms with Gasteiger partial charge in [-0.05, 0) is 54.6 Å². The van der Waals surface area contributed by atoms with Gasteiger partial charge in [-0.3, -0.25) is 4.72 Å². The second-order valence-corrected chi connectivity index (χ2v) is 7.19. The van der Waals surface area contributed by atoms with Crippen LogP contribution in [0.1, 0.15) is 5.76 Å². The van der Waals surface area contributed by atoms with E-state index in [9.17, 15) is 8.42 Å². The van der Waals surface area contributed by atoms with Crippen molar-refractivity contribution in [3.63, 3.8) is 0 Å². The summed E-state index contributed by atoms with van der Waals surface area (Å²) in [5.41, 5.74) is 1.33. The van der Waals surface area contributed by atoms with Crippen LogP contribution in [0.5, 0.6) is 0 Å². The first-order valence-electron chi connectivity index (χ1n) is 7.18. The van der Waals surface area contributed by atoms with Crippen LogP contribution in [-0.4, -0.2) is 8.42 Å². The van der Waals surface area contributed by atoms with Crippen LogP contribution in [0.3, 0.4) is 0 Å². The molecule has 3 aromatic rings. The zero-order valence-corrected chi connectivity index (χ0v) is 14.1. The smallest absolute Gasteiger partial charge is 0.261 e. The number of anilines is 2. The minimum absolute atomic E-state index is 0.120. The van der Waals surface area contributed by atoms with Gasteiger partial charge in [0.1, 0.15) is 5.76 Å². The van der Waals surface area contributed by atoms with Crippen molar-refractivity contribution in [3.05, 3.63) is 77.7 Å². The molecule has 7 heteroatoms. The highest BCUT2D eigenvalue weighted by Gasteiger charge is 2.14. The van der Waals surface area contributed by atoms with E-state index in [2.05, 4.69) is 10.0 Å². The molecule has 0 unspecified atom stereocenters. The van der Waals surface area contributed by atoms with Crippen LogP contribution >= 0.6 is 11.6 Å². The molecule has 0 spiro atoms. The van der Waals surface area contributed by atoms with Crippen molar-refractivity contribution in [2.75, 3.05) is 10.0 Å². The number of sulfonamides is 1. The van der Waals surface area contributed by atoms with Crippen LogP contribution in [-0.2, 0) is 16.6 Å². The summed E-state index contributed by atoms with van der Waals surface area (Å²) in [5.74, 6) is 0.820. The fraction of sp³-hybridized carbons (Fsp3) is 0.0588. The largest absolute Gasteiger partial charge is 0.467 e. The lowest BCUT2D eigenvalue weighted by Gasteiger charge is -2.10. The quantitative estimate of drug-likeness (QED) is 0.684. The average molecular weight is 363 g/mol. The normalized spacial score (nSPS) is 11.2. The number of rotatable bonds is 6. The number of hydrogen-bond acceptors (Lipinski definition) is 4. The fourth-order valence-corrected chi connectivity index (χ4v) is 3.47. The summed E-state index contributed by atoms with van der Waals surface area (Å²) in [6.45, 7) is 0.556. The Morgan fingerprint density at radius 1 is 0.958 bits per heavy atom. The SMILES string of the molecule is O=S(=O)(Nc1ccc(NCc2ccco2)cc1)c1cccc(Cl)c1. The molecule has 5 nitrogen and oxygen atoms in total. The van der Waals surface area contributed by atoms with Crippen molar-refractivity contribution in [1.29, 1.82) is 0 Å². The lowest BCUT2D eigenvalue weighted by Crippen LogP contribution is -2.12. The third-order valence-corrected chi connectivity index (χ3v) is 4.90. The number of hydrogen-bond donors (Lipinski definition) is 2. The van der Waals surface area contributed by atoms with E-state index >= 15 is 0 Å². The van der Waals surface area contributed by atoms with Crippen LogP contribution in [0.4, 0.5) is 11.4 Å². The Hall–Kier alpha value is -2.44. The topological polar surface area (TPSA) is 71.3 Å². The van der Waals surface area contributed by atoms with E-state index in [1.807, 2.05) is 12.1 Å². The Morgan fingerprint density at radius 2 is 1.71 bits per heavy atom. The number of furan rings is 1. The lowest BCUT2D eigenvalue weighted by atomic mass is 10.3. The maximum Gasteiger partial charge on any atom is 0.261 e. The number of benzene rings is 2. The van der Waals surface area contributed by atoms with Gasteiger partial charge in [-0.15, -0.1) is 0 Å². The number of halogens is 1. The molecule has 124 valence electrons. The highest BCUT2D eigenvalue weighted by Crippen LogP contribution is 2.21. The summed E-state index contributed by atoms with van der Waals surface area (Å²) < 4.78 is 32.4. The Kier molecular flexibility index (Phi) is 4.78. The lowest BCUT2D eigenvalue weighted by molar-refractivity contribution is 0.518. The monoisotopic (exact) mass is 362 g/mol. The minimum atomic E-state index is -3.67. The van der Waals surface area contributed by atoms with Gasteiger partial charge in [0.2, 0.25) is 0 Å². The summed E-state index contributed by atoms with van der Waals surface area (Å²) in [7, 11) is -3.67. The van der Waals surface area contributed by atoms with Gasteiger partial charge in [0.05, 0.1) is 17.7 Å². The van der Waals surface area contributed by atoms with Gasteiger partial charge in [-0.1, -0.05) is 17.7 Å². The van der Waals surface area contributed by atoms with Crippen LogP contribution in [0, 0.1) is 0 Å². The third kappa shape index (κ3) is 4.10. The molecule has 0 fully saturated rings. The molecule has 2 N–H and O–H groups in total. The summed E-state index contributed by atoms with van der Waals surface area (Å²) in [4.78, 5) is 0.120. The van der Waals surface area contributed by atoms with Gasteiger partial charge in [0.15, 0.2) is 0 Å². The maximum atomic E-state index is 12.3. The van der Waals surface area contributed by atoms with E-state index in [1.165, 1.54) is 12.1 Å². The highest BCUT2D eigenvalue weighted by atomic mass is 35.5. The molecule has 0 atom stereocenters. The average Bonchev–Trinajstić information content (AvgIpc) is 3.07. The number of nitrogens with one attached hydrogen (secondary N) is 2. The van der Waals surface area contributed by atoms with Gasteiger partial charge in [0.25, 0.3) is 10.0 Å². The van der Waals surface area contributed by atoms with Crippen molar-refractivity contribution in [2.24, 2.45) is 0 Å². The molecule has 0 saturated carbocycles. The summed E-state index contributed by atoms with van der Waals surface area (Å²) in [6, 6.07) is 16.8. The Balaban J connectivity index is 1.67. The Labute approximate surface area is 145 Å². The molecule has 1 aromatic heterocycles. The predicted octanol–water partition coefficient (Wildman–Crippen LogP) is 4.35. The van der Waals surface area contributed by atoms with E-state index in [-0.39, 0.29) is 4.90 Å². The van der Waals surface area contributed by atoms with Crippen molar-refractivity contribution < 1.29 is 12.8 Å². The van der Waals surface area contributed by atoms with Gasteiger partial charge >= 0.3 is 0 Å². The maximum absolute atomic E-state index is 12.3. The minimum Gasteiger partial charge on any atom is -0.467 e. The van der Waals surface area contributed by atoms with Gasteiger partial charge < -0.3 is 9.73 Å². The Morgan fingerprint density at radius 3 is 2.38 bits per heavy atom. The standard InChI is InChI=1S/C17H15ClN2O3S/c18-13-3-1-5-17(11-13)24(21,22)20-15-8-6-14(7-9-15)19-12-16-4-2-10-23-16/h1-11,19-20H,12H2. The van der Waals surface area contributed by atoms with Crippen LogP contribution in [0.15, 0.2) is 76.2 Å². The molecule has 1 heterocycles. The molecule has 0 amide bonds. The second-order valence-electron chi connectivity index (χ2n) is 5.07. The molecule has 0 aliphatic carbocycles. The van der Waals surface area contributed by atoms with Gasteiger partial charge in [-0.2, -0.15) is 0 Å². The molecule has 24 heavy (non-hydrogen) atoms. The van der Waals surface area contributed by atoms with Crippen LogP contribution < -0.4 is 10.0 Å². The van der Waals surface area contributed by atoms with E-state index in [0.717, 1.165) is 11.4 Å². The van der Waals surface area contributed by atoms with E-state index in [0.29, 0.717) is 17.3 Å². The first-order valence-corrected chi connectivity index (χ1v) is 9.04. The molecule has 0 bridgehead atoms. The van der Waals surface area contributed by atoms with Gasteiger partial charge in [0, 0.05) is 16.4 Å². The first-order chi connectivity index (χ1) is 11.5. The third-order valence-electron chi connectivity index (χ3n) is 3.29. The molecule has 3 rings (SSSR count). The van der Waals surface area contributed by atoms with Crippen LogP contribution in [0.2, 0.25) is 5.02 Å². The van der Waals surface area contributed by atoms with Crippen molar-refractivity contribution in [1.82, 2.24) is 0 Å². The highest BCUT2D eigenvalue weighted by molar-refractivity contribution is 7.92. The molecule has 2 aromatic carbocycles. The zero-order chi connectivity index (χ0) is 17.0. The molecular weight excluding hydrogens is 348 g/mol. The molecule has 0 aliphatic heterocycles. The predicted molar refractivity (Wildman–Crippen MR) is 94.7 cm³/mol. The molecule has 0 saturated heterocycles. The summed E-state index contributed by atoms with van der Waals surface area (Å²) in [5, 5.41) is 3.56. The second kappa shape index (κ2) is 6.98. The van der Waals surface area contributed by atoms with E-state index < -0.39 is 10.0 Å². The van der Waals surface area contributed by atoms with Crippen LogP contribution in [0.25, 0.3) is 0 Å². The van der Waals surface area contributed by atoms with E-state index in [1.54, 1.807) is 42.7 Å². The van der Waals surface area contributed by atoms with Crippen molar-refractivity contribution in [2.45, 2.75) is 11.4 Å². The molecular formula is C17H15ClN2O3S. The zero-order valence-electron chi connectivity index (χ0n) is 12.6. The molecule has 0 radical (unpaired) electrons. The summed E-state index contributed by atoms with van der Waals surface area (Å²) >= 11 is 5.84. The molecule has 0 aliphatic rings. The summed E-state index contributed by atoms with van der Waals surface area (Å²) in [6.07, 6.45) is 1.62. The van der Waals surface area contributed by atoms with Crippen molar-refractivity contribution >= 4 is 33.0 Å². The fourth-order valence-electron chi connectivity index (χ4n) is 2.11. The van der Waals surface area contributed by atoms with Crippen molar-refractivity contribution in [3.8, 4) is 0 Å².